The van der Waals surface area contributed by atoms with Crippen LogP contribution in [-0.2, 0) is 16.1 Å². The molecule has 0 aromatic heterocycles. The molecule has 32 heavy (non-hydrogen) atoms. The second kappa shape index (κ2) is 8.96. The molecule has 0 saturated carbocycles. The summed E-state index contributed by atoms with van der Waals surface area (Å²) in [5, 5.41) is 2.83. The van der Waals surface area contributed by atoms with E-state index in [2.05, 4.69) is 5.32 Å². The minimum atomic E-state index is -0.191. The Balaban J connectivity index is 1.35. The number of anilines is 1. The molecular weight excluding hydrogens is 424 g/mol. The summed E-state index contributed by atoms with van der Waals surface area (Å²) in [5.74, 6) is 1.14. The molecule has 3 aromatic carbocycles. The lowest BCUT2D eigenvalue weighted by Gasteiger charge is -2.22. The number of thioether (sulfide) groups is 1. The zero-order valence-electron chi connectivity index (χ0n) is 17.3. The Kier molecular flexibility index (Phi) is 5.73. The molecule has 7 heteroatoms. The SMILES string of the molecule is O=C(CN1C(=O)CC(c2ccc3c(c2)OCO3)Sc2ccccc21)NCc1ccccc1. The maximum Gasteiger partial charge on any atom is 0.240 e. The van der Waals surface area contributed by atoms with Gasteiger partial charge in [-0.1, -0.05) is 48.5 Å². The summed E-state index contributed by atoms with van der Waals surface area (Å²) < 4.78 is 10.9. The van der Waals surface area contributed by atoms with Crippen molar-refractivity contribution in [3.05, 3.63) is 83.9 Å². The van der Waals surface area contributed by atoms with Gasteiger partial charge in [0, 0.05) is 23.1 Å². The fourth-order valence-electron chi connectivity index (χ4n) is 3.85. The van der Waals surface area contributed by atoms with Crippen LogP contribution in [0.3, 0.4) is 0 Å². The number of fused-ring (bicyclic) bond motifs is 2. The molecule has 162 valence electrons. The largest absolute Gasteiger partial charge is 0.454 e. The van der Waals surface area contributed by atoms with E-state index in [0.717, 1.165) is 27.5 Å². The highest BCUT2D eigenvalue weighted by atomic mass is 32.2. The van der Waals surface area contributed by atoms with Crippen LogP contribution in [0.5, 0.6) is 11.5 Å². The van der Waals surface area contributed by atoms with Gasteiger partial charge in [0.05, 0.1) is 5.69 Å². The van der Waals surface area contributed by atoms with Crippen molar-refractivity contribution in [2.45, 2.75) is 23.1 Å². The van der Waals surface area contributed by atoms with Gasteiger partial charge in [0.1, 0.15) is 6.54 Å². The molecule has 2 aliphatic rings. The molecule has 1 unspecified atom stereocenters. The van der Waals surface area contributed by atoms with Crippen LogP contribution in [0, 0.1) is 0 Å². The van der Waals surface area contributed by atoms with E-state index in [1.54, 1.807) is 16.7 Å². The molecule has 0 fully saturated rings. The molecule has 0 aliphatic carbocycles. The van der Waals surface area contributed by atoms with E-state index in [0.29, 0.717) is 12.3 Å². The zero-order chi connectivity index (χ0) is 21.9. The summed E-state index contributed by atoms with van der Waals surface area (Å²) in [4.78, 5) is 28.5. The molecule has 0 spiro atoms. The van der Waals surface area contributed by atoms with Crippen molar-refractivity contribution in [3.63, 3.8) is 0 Å². The number of amides is 2. The molecular formula is C25H22N2O4S. The second-order valence-electron chi connectivity index (χ2n) is 7.63. The van der Waals surface area contributed by atoms with Crippen molar-refractivity contribution in [2.24, 2.45) is 0 Å². The molecule has 2 amide bonds. The number of hydrogen-bond acceptors (Lipinski definition) is 5. The first kappa shape index (κ1) is 20.5. The Morgan fingerprint density at radius 1 is 1.00 bits per heavy atom. The number of hydrogen-bond donors (Lipinski definition) is 1. The highest BCUT2D eigenvalue weighted by Crippen LogP contribution is 2.47. The highest BCUT2D eigenvalue weighted by molar-refractivity contribution is 7.99. The Hall–Kier alpha value is -3.45. The molecule has 1 N–H and O–H groups in total. The number of nitrogens with zero attached hydrogens (tertiary/aromatic N) is 1. The number of para-hydroxylation sites is 1. The molecule has 3 aromatic rings. The summed E-state index contributed by atoms with van der Waals surface area (Å²) in [6.07, 6.45) is 0.283. The third-order valence-electron chi connectivity index (χ3n) is 5.49. The first-order valence-corrected chi connectivity index (χ1v) is 11.3. The van der Waals surface area contributed by atoms with Crippen molar-refractivity contribution in [1.82, 2.24) is 5.32 Å². The quantitative estimate of drug-likeness (QED) is 0.633. The molecule has 0 saturated heterocycles. The highest BCUT2D eigenvalue weighted by Gasteiger charge is 2.31. The molecule has 6 nitrogen and oxygen atoms in total. The van der Waals surface area contributed by atoms with Gasteiger partial charge in [-0.25, -0.2) is 0 Å². The molecule has 2 heterocycles. The van der Waals surface area contributed by atoms with Crippen LogP contribution in [0.2, 0.25) is 0 Å². The Labute approximate surface area is 190 Å². The number of rotatable bonds is 5. The van der Waals surface area contributed by atoms with E-state index < -0.39 is 0 Å². The van der Waals surface area contributed by atoms with Crippen LogP contribution >= 0.6 is 11.8 Å². The van der Waals surface area contributed by atoms with Crippen molar-refractivity contribution >= 4 is 29.3 Å². The first-order chi connectivity index (χ1) is 15.7. The summed E-state index contributed by atoms with van der Waals surface area (Å²) in [6.45, 7) is 0.624. The number of benzene rings is 3. The van der Waals surface area contributed by atoms with E-state index in [-0.39, 0.29) is 36.8 Å². The van der Waals surface area contributed by atoms with Gasteiger partial charge in [-0.15, -0.1) is 11.8 Å². The summed E-state index contributed by atoms with van der Waals surface area (Å²) in [6, 6.07) is 23.3. The minimum absolute atomic E-state index is 0.0168. The first-order valence-electron chi connectivity index (χ1n) is 10.4. The second-order valence-corrected chi connectivity index (χ2v) is 8.88. The Bertz CT molecular complexity index is 1150. The van der Waals surface area contributed by atoms with Gasteiger partial charge in [0.2, 0.25) is 18.6 Å². The van der Waals surface area contributed by atoms with Gasteiger partial charge in [-0.3, -0.25) is 9.59 Å². The minimum Gasteiger partial charge on any atom is -0.454 e. The third-order valence-corrected chi connectivity index (χ3v) is 6.81. The number of carbonyl (C=O) groups is 2. The zero-order valence-corrected chi connectivity index (χ0v) is 18.1. The van der Waals surface area contributed by atoms with Crippen molar-refractivity contribution in [1.29, 1.82) is 0 Å². The summed E-state index contributed by atoms with van der Waals surface area (Å²) in [5.41, 5.74) is 2.78. The predicted octanol–water partition coefficient (Wildman–Crippen LogP) is 4.30. The van der Waals surface area contributed by atoms with Crippen LogP contribution in [0.25, 0.3) is 0 Å². The van der Waals surface area contributed by atoms with Crippen LogP contribution in [-0.4, -0.2) is 25.2 Å². The van der Waals surface area contributed by atoms with E-state index in [1.165, 1.54) is 0 Å². The number of nitrogens with one attached hydrogen (secondary N) is 1. The lowest BCUT2D eigenvalue weighted by molar-refractivity contribution is -0.124. The van der Waals surface area contributed by atoms with Gasteiger partial charge in [-0.05, 0) is 35.4 Å². The molecule has 0 radical (unpaired) electrons. The van der Waals surface area contributed by atoms with E-state index >= 15 is 0 Å². The molecule has 5 rings (SSSR count). The van der Waals surface area contributed by atoms with Crippen molar-refractivity contribution < 1.29 is 19.1 Å². The topological polar surface area (TPSA) is 67.9 Å². The lowest BCUT2D eigenvalue weighted by atomic mass is 10.1. The Morgan fingerprint density at radius 3 is 2.66 bits per heavy atom. The van der Waals surface area contributed by atoms with E-state index in [9.17, 15) is 9.59 Å². The van der Waals surface area contributed by atoms with Gasteiger partial charge in [0.25, 0.3) is 0 Å². The average molecular weight is 447 g/mol. The van der Waals surface area contributed by atoms with Gasteiger partial charge in [0.15, 0.2) is 11.5 Å². The average Bonchev–Trinajstić information content (AvgIpc) is 3.24. The molecule has 1 atom stereocenters. The van der Waals surface area contributed by atoms with Gasteiger partial charge in [-0.2, -0.15) is 0 Å². The lowest BCUT2D eigenvalue weighted by Crippen LogP contribution is -2.40. The van der Waals surface area contributed by atoms with Crippen LogP contribution in [0.4, 0.5) is 5.69 Å². The van der Waals surface area contributed by atoms with E-state index in [1.807, 2.05) is 72.8 Å². The van der Waals surface area contributed by atoms with Gasteiger partial charge >= 0.3 is 0 Å². The maximum atomic E-state index is 13.3. The third kappa shape index (κ3) is 4.29. The van der Waals surface area contributed by atoms with Crippen LogP contribution < -0.4 is 19.7 Å². The van der Waals surface area contributed by atoms with Crippen molar-refractivity contribution in [3.8, 4) is 11.5 Å². The monoisotopic (exact) mass is 446 g/mol. The summed E-state index contributed by atoms with van der Waals surface area (Å²) >= 11 is 1.63. The normalized spacial score (nSPS) is 16.9. The van der Waals surface area contributed by atoms with Gasteiger partial charge < -0.3 is 19.7 Å². The maximum absolute atomic E-state index is 13.3. The van der Waals surface area contributed by atoms with Crippen LogP contribution in [0.15, 0.2) is 77.7 Å². The van der Waals surface area contributed by atoms with Crippen LogP contribution in [0.1, 0.15) is 22.8 Å². The standard InChI is InChI=1S/C25H22N2O4S/c28-24(26-14-17-6-2-1-3-7-17)15-27-19-8-4-5-9-22(19)32-23(13-25(27)29)18-10-11-20-21(12-18)31-16-30-20/h1-12,23H,13-16H2,(H,26,28). The fraction of sp³-hybridized carbons (Fsp3) is 0.200. The number of ether oxygens (including phenoxy) is 2. The summed E-state index contributed by atoms with van der Waals surface area (Å²) in [7, 11) is 0. The molecule has 0 bridgehead atoms. The fourth-order valence-corrected chi connectivity index (χ4v) is 5.12. The molecule has 2 aliphatic heterocycles. The Morgan fingerprint density at radius 2 is 1.78 bits per heavy atom. The van der Waals surface area contributed by atoms with Crippen molar-refractivity contribution in [2.75, 3.05) is 18.2 Å². The smallest absolute Gasteiger partial charge is 0.240 e. The number of carbonyl (C=O) groups excluding carboxylic acids is 2. The predicted molar refractivity (Wildman–Crippen MR) is 123 cm³/mol. The van der Waals surface area contributed by atoms with E-state index in [4.69, 9.17) is 9.47 Å².